The summed E-state index contributed by atoms with van der Waals surface area (Å²) in [5.41, 5.74) is -2.25. The van der Waals surface area contributed by atoms with Crippen LogP contribution < -0.4 is 0 Å². The monoisotopic (exact) mass is 432 g/mol. The first kappa shape index (κ1) is 22.2. The summed E-state index contributed by atoms with van der Waals surface area (Å²) in [4.78, 5) is 51.0. The number of hydrogen-bond acceptors (Lipinski definition) is 7. The van der Waals surface area contributed by atoms with E-state index < -0.39 is 58.3 Å². The Balaban J connectivity index is 1.90. The van der Waals surface area contributed by atoms with E-state index in [-0.39, 0.29) is 30.3 Å². The van der Waals surface area contributed by atoms with E-state index in [4.69, 9.17) is 9.47 Å². The van der Waals surface area contributed by atoms with Crippen molar-refractivity contribution < 1.29 is 33.8 Å². The van der Waals surface area contributed by atoms with Crippen LogP contribution in [0.3, 0.4) is 0 Å². The molecule has 4 fully saturated rings. The van der Waals surface area contributed by atoms with Gasteiger partial charge in [-0.1, -0.05) is 27.4 Å². The first-order chi connectivity index (χ1) is 14.3. The Hall–Kier alpha value is -2.02. The molecule has 0 aromatic rings. The summed E-state index contributed by atoms with van der Waals surface area (Å²) in [7, 11) is 0. The summed E-state index contributed by atoms with van der Waals surface area (Å²) in [6.07, 6.45) is -1.06. The van der Waals surface area contributed by atoms with Gasteiger partial charge in [0.1, 0.15) is 18.0 Å². The van der Waals surface area contributed by atoms with E-state index in [1.807, 2.05) is 20.8 Å². The standard InChI is InChI=1S/C24H32O7/c1-11-14-7-15(27)20-23(6)18(31-13(3)26)8-17(30-12(2)25)22(4,5)19(23)16(28)10-24(20,9-14)21(11)29/h14-15,17-20,27H,1,7-10H2,2-6H3/t14-,15-,17+,18-,19-,20+,23-,24+/m1/s1. The number of hydrogen-bond donors (Lipinski definition) is 1. The predicted molar refractivity (Wildman–Crippen MR) is 110 cm³/mol. The molecule has 0 heterocycles. The molecule has 2 bridgehead atoms. The number of aliphatic hydroxyl groups excluding tert-OH is 1. The Kier molecular flexibility index (Phi) is 4.82. The van der Waals surface area contributed by atoms with Gasteiger partial charge in [0.05, 0.1) is 6.10 Å². The van der Waals surface area contributed by atoms with Crippen LogP contribution >= 0.6 is 0 Å². The van der Waals surface area contributed by atoms with Gasteiger partial charge >= 0.3 is 11.9 Å². The second-order valence-corrected chi connectivity index (χ2v) is 10.9. The number of carbonyl (C=O) groups is 4. The van der Waals surface area contributed by atoms with Gasteiger partial charge in [-0.2, -0.15) is 0 Å². The van der Waals surface area contributed by atoms with Crippen LogP contribution in [0.1, 0.15) is 60.3 Å². The molecule has 1 N–H and O–H groups in total. The highest BCUT2D eigenvalue weighted by molar-refractivity contribution is 6.06. The Morgan fingerprint density at radius 3 is 2.19 bits per heavy atom. The highest BCUT2D eigenvalue weighted by Crippen LogP contribution is 2.70. The third kappa shape index (κ3) is 2.81. The Morgan fingerprint density at radius 1 is 1.03 bits per heavy atom. The molecule has 7 heteroatoms. The van der Waals surface area contributed by atoms with Crippen molar-refractivity contribution in [2.24, 2.45) is 34.0 Å². The van der Waals surface area contributed by atoms with Crippen LogP contribution in [0, 0.1) is 34.0 Å². The van der Waals surface area contributed by atoms with E-state index in [0.717, 1.165) is 0 Å². The number of esters is 2. The van der Waals surface area contributed by atoms with Gasteiger partial charge < -0.3 is 14.6 Å². The molecule has 0 unspecified atom stereocenters. The van der Waals surface area contributed by atoms with Crippen molar-refractivity contribution in [2.75, 3.05) is 0 Å². The minimum Gasteiger partial charge on any atom is -0.462 e. The first-order valence-electron chi connectivity index (χ1n) is 11.1. The van der Waals surface area contributed by atoms with Crippen molar-refractivity contribution in [2.45, 2.75) is 78.6 Å². The van der Waals surface area contributed by atoms with E-state index in [0.29, 0.717) is 18.4 Å². The van der Waals surface area contributed by atoms with Gasteiger partial charge in [-0.25, -0.2) is 0 Å². The Bertz CT molecular complexity index is 888. The van der Waals surface area contributed by atoms with Crippen molar-refractivity contribution in [3.63, 3.8) is 0 Å². The lowest BCUT2D eigenvalue weighted by Gasteiger charge is -2.65. The molecule has 4 saturated carbocycles. The lowest BCUT2D eigenvalue weighted by molar-refractivity contribution is -0.247. The van der Waals surface area contributed by atoms with Gasteiger partial charge in [0, 0.05) is 54.8 Å². The maximum Gasteiger partial charge on any atom is 0.302 e. The lowest BCUT2D eigenvalue weighted by Crippen LogP contribution is -2.71. The number of Topliss-reactive ketones (excluding diaryl/α,β-unsaturated/α-hetero) is 2. The van der Waals surface area contributed by atoms with Crippen LogP contribution in [0.5, 0.6) is 0 Å². The van der Waals surface area contributed by atoms with Crippen LogP contribution in [-0.2, 0) is 28.7 Å². The number of fused-ring (bicyclic) bond motifs is 3. The minimum absolute atomic E-state index is 0.0341. The molecule has 0 saturated heterocycles. The molecule has 8 atom stereocenters. The average molecular weight is 433 g/mol. The van der Waals surface area contributed by atoms with Gasteiger partial charge in [0.25, 0.3) is 0 Å². The number of ether oxygens (including phenoxy) is 2. The predicted octanol–water partition coefficient (Wildman–Crippen LogP) is 2.39. The third-order valence-corrected chi connectivity index (χ3v) is 8.77. The molecule has 0 radical (unpaired) electrons. The number of carbonyl (C=O) groups excluding carboxylic acids is 4. The number of rotatable bonds is 2. The van der Waals surface area contributed by atoms with Gasteiger partial charge in [-0.3, -0.25) is 19.2 Å². The smallest absolute Gasteiger partial charge is 0.302 e. The van der Waals surface area contributed by atoms with Gasteiger partial charge in [-0.05, 0) is 24.3 Å². The average Bonchev–Trinajstić information content (AvgIpc) is 2.79. The van der Waals surface area contributed by atoms with Gasteiger partial charge in [-0.15, -0.1) is 0 Å². The molecular formula is C24H32O7. The van der Waals surface area contributed by atoms with Crippen molar-refractivity contribution in [3.05, 3.63) is 12.2 Å². The topological polar surface area (TPSA) is 107 Å². The maximum atomic E-state index is 13.8. The zero-order chi connectivity index (χ0) is 23.1. The first-order valence-corrected chi connectivity index (χ1v) is 11.1. The molecule has 0 amide bonds. The maximum absolute atomic E-state index is 13.8. The summed E-state index contributed by atoms with van der Waals surface area (Å²) in [6, 6.07) is 0. The van der Waals surface area contributed by atoms with E-state index in [9.17, 15) is 24.3 Å². The Labute approximate surface area is 182 Å². The van der Waals surface area contributed by atoms with Gasteiger partial charge in [0.2, 0.25) is 0 Å². The molecule has 7 nitrogen and oxygen atoms in total. The molecule has 0 aromatic carbocycles. The minimum atomic E-state index is -1.01. The number of aliphatic hydroxyl groups is 1. The van der Waals surface area contributed by atoms with E-state index in [1.165, 1.54) is 13.8 Å². The third-order valence-electron chi connectivity index (χ3n) is 8.77. The molecule has 1 spiro atoms. The lowest BCUT2D eigenvalue weighted by atomic mass is 9.39. The van der Waals surface area contributed by atoms with E-state index in [2.05, 4.69) is 6.58 Å². The van der Waals surface area contributed by atoms with Crippen molar-refractivity contribution >= 4 is 23.5 Å². The summed E-state index contributed by atoms with van der Waals surface area (Å²) in [5, 5.41) is 11.3. The fraction of sp³-hybridized carbons (Fsp3) is 0.750. The van der Waals surface area contributed by atoms with Crippen molar-refractivity contribution in [3.8, 4) is 0 Å². The van der Waals surface area contributed by atoms with Crippen LogP contribution in [0.4, 0.5) is 0 Å². The van der Waals surface area contributed by atoms with Crippen molar-refractivity contribution in [1.82, 2.24) is 0 Å². The quantitative estimate of drug-likeness (QED) is 0.527. The summed E-state index contributed by atoms with van der Waals surface area (Å²) in [6.45, 7) is 12.2. The van der Waals surface area contributed by atoms with Gasteiger partial charge in [0.15, 0.2) is 5.78 Å². The zero-order valence-electron chi connectivity index (χ0n) is 18.9. The SMILES string of the molecule is C=C1C(=O)[C@@]23CC(=O)[C@@H]4C(C)(C)[C@@H](OC(C)=O)C[C@@H](OC(C)=O)[C@@]4(C)[C@@H]2[C@H](O)C[C@@H]1C3. The second-order valence-electron chi connectivity index (χ2n) is 10.9. The molecule has 31 heavy (non-hydrogen) atoms. The molecule has 4 aliphatic rings. The molecule has 0 aromatic heterocycles. The molecule has 170 valence electrons. The molecule has 4 aliphatic carbocycles. The number of ketones is 2. The highest BCUT2D eigenvalue weighted by Gasteiger charge is 2.75. The van der Waals surface area contributed by atoms with Crippen molar-refractivity contribution in [1.29, 1.82) is 0 Å². The number of allylic oxidation sites excluding steroid dienone is 1. The van der Waals surface area contributed by atoms with Crippen LogP contribution in [0.2, 0.25) is 0 Å². The summed E-state index contributed by atoms with van der Waals surface area (Å²) < 4.78 is 11.3. The molecular weight excluding hydrogens is 400 g/mol. The normalized spacial score (nSPS) is 45.5. The summed E-state index contributed by atoms with van der Waals surface area (Å²) >= 11 is 0. The van der Waals surface area contributed by atoms with E-state index >= 15 is 0 Å². The second kappa shape index (κ2) is 6.74. The fourth-order valence-corrected chi connectivity index (χ4v) is 7.98. The largest absolute Gasteiger partial charge is 0.462 e. The van der Waals surface area contributed by atoms with Crippen LogP contribution in [0.25, 0.3) is 0 Å². The van der Waals surface area contributed by atoms with Crippen LogP contribution in [-0.4, -0.2) is 46.9 Å². The van der Waals surface area contributed by atoms with Crippen LogP contribution in [0.15, 0.2) is 12.2 Å². The Morgan fingerprint density at radius 2 is 1.61 bits per heavy atom. The molecule has 0 aliphatic heterocycles. The molecule has 4 rings (SSSR count). The zero-order valence-corrected chi connectivity index (χ0v) is 18.9. The van der Waals surface area contributed by atoms with E-state index in [1.54, 1.807) is 0 Å². The highest BCUT2D eigenvalue weighted by atomic mass is 16.6. The summed E-state index contributed by atoms with van der Waals surface area (Å²) in [5.74, 6) is -2.53. The fourth-order valence-electron chi connectivity index (χ4n) is 7.98.